The molecule has 0 bridgehead atoms. The zero-order valence-corrected chi connectivity index (χ0v) is 13.6. The van der Waals surface area contributed by atoms with Gasteiger partial charge < -0.3 is 9.47 Å². The van der Waals surface area contributed by atoms with Crippen molar-refractivity contribution in [2.75, 3.05) is 20.3 Å². The van der Waals surface area contributed by atoms with Crippen molar-refractivity contribution in [3.8, 4) is 11.5 Å². The van der Waals surface area contributed by atoms with Crippen molar-refractivity contribution in [1.82, 2.24) is 4.90 Å². The van der Waals surface area contributed by atoms with Crippen LogP contribution in [0.2, 0.25) is 0 Å². The number of hydrogen-bond acceptors (Lipinski definition) is 3. The van der Waals surface area contributed by atoms with Gasteiger partial charge in [-0.2, -0.15) is 0 Å². The van der Waals surface area contributed by atoms with Crippen LogP contribution in [0, 0.1) is 0 Å². The molecule has 0 fully saturated rings. The van der Waals surface area contributed by atoms with Crippen LogP contribution < -0.4 is 9.47 Å². The summed E-state index contributed by atoms with van der Waals surface area (Å²) in [5.41, 5.74) is 2.52. The van der Waals surface area contributed by atoms with E-state index in [1.807, 2.05) is 18.2 Å². The molecule has 4 heteroatoms. The number of fused-ring (bicyclic) bond motifs is 1. The molecule has 2 aromatic carbocycles. The lowest BCUT2D eigenvalue weighted by molar-refractivity contribution is 0.219. The van der Waals surface area contributed by atoms with Crippen LogP contribution in [0.15, 0.2) is 46.9 Å². The Balaban J connectivity index is 1.75. The molecule has 0 spiro atoms. The smallest absolute Gasteiger partial charge is 0.133 e. The molecule has 0 amide bonds. The van der Waals surface area contributed by atoms with Crippen molar-refractivity contribution in [2.45, 2.75) is 13.1 Å². The van der Waals surface area contributed by atoms with Gasteiger partial charge in [0.15, 0.2) is 0 Å². The van der Waals surface area contributed by atoms with Crippen LogP contribution in [0.4, 0.5) is 0 Å². The largest absolute Gasteiger partial charge is 0.496 e. The molecule has 0 atom stereocenters. The number of halogens is 1. The molecule has 3 nitrogen and oxygen atoms in total. The maximum absolute atomic E-state index is 5.81. The van der Waals surface area contributed by atoms with Crippen molar-refractivity contribution < 1.29 is 9.47 Å². The summed E-state index contributed by atoms with van der Waals surface area (Å²) >= 11 is 3.55. The van der Waals surface area contributed by atoms with Gasteiger partial charge in [0.1, 0.15) is 18.1 Å². The van der Waals surface area contributed by atoms with E-state index in [0.717, 1.165) is 42.2 Å². The molecule has 1 aliphatic heterocycles. The second-order valence-corrected chi connectivity index (χ2v) is 5.99. The Morgan fingerprint density at radius 1 is 1.24 bits per heavy atom. The minimum Gasteiger partial charge on any atom is -0.496 e. The van der Waals surface area contributed by atoms with Crippen LogP contribution in [-0.4, -0.2) is 25.2 Å². The van der Waals surface area contributed by atoms with Crippen LogP contribution in [0.3, 0.4) is 0 Å². The van der Waals surface area contributed by atoms with Gasteiger partial charge in [0, 0.05) is 25.2 Å². The van der Waals surface area contributed by atoms with E-state index in [0.29, 0.717) is 0 Å². The highest BCUT2D eigenvalue weighted by atomic mass is 79.9. The normalized spacial score (nSPS) is 15.0. The second kappa shape index (κ2) is 6.50. The molecule has 0 aliphatic carbocycles. The van der Waals surface area contributed by atoms with Gasteiger partial charge in [-0.3, -0.25) is 4.90 Å². The Labute approximate surface area is 133 Å². The van der Waals surface area contributed by atoms with Gasteiger partial charge in [-0.25, -0.2) is 0 Å². The Morgan fingerprint density at radius 2 is 2.10 bits per heavy atom. The van der Waals surface area contributed by atoms with Gasteiger partial charge in [-0.05, 0) is 39.7 Å². The van der Waals surface area contributed by atoms with Crippen LogP contribution in [0.1, 0.15) is 11.1 Å². The van der Waals surface area contributed by atoms with E-state index in [4.69, 9.17) is 9.47 Å². The summed E-state index contributed by atoms with van der Waals surface area (Å²) in [6.07, 6.45) is 0. The Kier molecular flexibility index (Phi) is 4.46. The van der Waals surface area contributed by atoms with E-state index in [1.165, 1.54) is 11.1 Å². The van der Waals surface area contributed by atoms with Crippen LogP contribution in [-0.2, 0) is 13.1 Å². The molecule has 0 unspecified atom stereocenters. The highest BCUT2D eigenvalue weighted by Gasteiger charge is 2.15. The third kappa shape index (κ3) is 3.39. The molecular formula is C17H18BrNO2. The third-order valence-electron chi connectivity index (χ3n) is 3.65. The Bertz CT molecular complexity index is 630. The molecule has 0 saturated carbocycles. The first-order chi connectivity index (χ1) is 10.3. The molecular weight excluding hydrogens is 330 g/mol. The van der Waals surface area contributed by atoms with Gasteiger partial charge in [-0.15, -0.1) is 0 Å². The number of para-hydroxylation sites is 1. The first kappa shape index (κ1) is 14.4. The number of nitrogens with zero attached hydrogens (tertiary/aromatic N) is 1. The first-order valence-electron chi connectivity index (χ1n) is 7.02. The van der Waals surface area contributed by atoms with Crippen molar-refractivity contribution in [3.05, 3.63) is 58.1 Å². The fourth-order valence-corrected chi connectivity index (χ4v) is 3.17. The molecule has 0 saturated heterocycles. The minimum absolute atomic E-state index is 0.730. The van der Waals surface area contributed by atoms with E-state index in [1.54, 1.807) is 7.11 Å². The second-order valence-electron chi connectivity index (χ2n) is 5.14. The number of benzene rings is 2. The molecule has 0 N–H and O–H groups in total. The zero-order valence-electron chi connectivity index (χ0n) is 12.0. The van der Waals surface area contributed by atoms with Crippen molar-refractivity contribution in [1.29, 1.82) is 0 Å². The van der Waals surface area contributed by atoms with E-state index < -0.39 is 0 Å². The topological polar surface area (TPSA) is 21.7 Å². The number of hydrogen-bond donors (Lipinski definition) is 0. The lowest BCUT2D eigenvalue weighted by atomic mass is 10.1. The molecule has 0 aromatic heterocycles. The van der Waals surface area contributed by atoms with Crippen LogP contribution in [0.25, 0.3) is 0 Å². The first-order valence-corrected chi connectivity index (χ1v) is 7.81. The standard InChI is InChI=1S/C17H18BrNO2/c1-20-17-7-6-13(10-15(17)18)11-19-8-9-21-16-5-3-2-4-14(16)12-19/h2-7,10H,8-9,11-12H2,1H3. The summed E-state index contributed by atoms with van der Waals surface area (Å²) in [4.78, 5) is 2.40. The quantitative estimate of drug-likeness (QED) is 0.841. The minimum atomic E-state index is 0.730. The zero-order chi connectivity index (χ0) is 14.7. The number of rotatable bonds is 3. The lowest BCUT2D eigenvalue weighted by Crippen LogP contribution is -2.25. The molecule has 2 aromatic rings. The van der Waals surface area contributed by atoms with Gasteiger partial charge in [0.05, 0.1) is 11.6 Å². The predicted octanol–water partition coefficient (Wildman–Crippen LogP) is 3.85. The third-order valence-corrected chi connectivity index (χ3v) is 4.27. The van der Waals surface area contributed by atoms with Crippen LogP contribution >= 0.6 is 15.9 Å². The van der Waals surface area contributed by atoms with Gasteiger partial charge >= 0.3 is 0 Å². The lowest BCUT2D eigenvalue weighted by Gasteiger charge is -2.19. The summed E-state index contributed by atoms with van der Waals surface area (Å²) in [7, 11) is 1.68. The summed E-state index contributed by atoms with van der Waals surface area (Å²) in [5.74, 6) is 1.87. The number of ether oxygens (including phenoxy) is 2. The highest BCUT2D eigenvalue weighted by molar-refractivity contribution is 9.10. The SMILES string of the molecule is COc1ccc(CN2CCOc3ccccc3C2)cc1Br. The van der Waals surface area contributed by atoms with E-state index in [2.05, 4.69) is 45.1 Å². The predicted molar refractivity (Wildman–Crippen MR) is 86.7 cm³/mol. The molecule has 0 radical (unpaired) electrons. The Morgan fingerprint density at radius 3 is 2.90 bits per heavy atom. The summed E-state index contributed by atoms with van der Waals surface area (Å²) in [6.45, 7) is 3.48. The fourth-order valence-electron chi connectivity index (χ4n) is 2.58. The highest BCUT2D eigenvalue weighted by Crippen LogP contribution is 2.27. The van der Waals surface area contributed by atoms with Gasteiger partial charge in [-0.1, -0.05) is 24.3 Å². The number of methoxy groups -OCH3 is 1. The maximum Gasteiger partial charge on any atom is 0.133 e. The Hall–Kier alpha value is -1.52. The van der Waals surface area contributed by atoms with Crippen molar-refractivity contribution in [2.24, 2.45) is 0 Å². The molecule has 1 aliphatic rings. The van der Waals surface area contributed by atoms with E-state index in [-0.39, 0.29) is 0 Å². The average Bonchev–Trinajstić information content (AvgIpc) is 2.69. The van der Waals surface area contributed by atoms with E-state index >= 15 is 0 Å². The monoisotopic (exact) mass is 347 g/mol. The molecule has 1 heterocycles. The van der Waals surface area contributed by atoms with Gasteiger partial charge in [0.2, 0.25) is 0 Å². The van der Waals surface area contributed by atoms with Crippen LogP contribution in [0.5, 0.6) is 11.5 Å². The summed E-state index contributed by atoms with van der Waals surface area (Å²) in [5, 5.41) is 0. The van der Waals surface area contributed by atoms with Crippen molar-refractivity contribution >= 4 is 15.9 Å². The van der Waals surface area contributed by atoms with Gasteiger partial charge in [0.25, 0.3) is 0 Å². The molecule has 110 valence electrons. The summed E-state index contributed by atoms with van der Waals surface area (Å²) < 4.78 is 12.1. The maximum atomic E-state index is 5.81. The van der Waals surface area contributed by atoms with E-state index in [9.17, 15) is 0 Å². The summed E-state index contributed by atoms with van der Waals surface area (Å²) in [6, 6.07) is 14.5. The van der Waals surface area contributed by atoms with Crippen molar-refractivity contribution in [3.63, 3.8) is 0 Å². The fraction of sp³-hybridized carbons (Fsp3) is 0.294. The average molecular weight is 348 g/mol. The molecule has 21 heavy (non-hydrogen) atoms. The molecule has 3 rings (SSSR count).